The number of nitrogens with one attached hydrogen (secondary N) is 1. The number of pyridine rings is 1. The molecule has 1 aromatic heterocycles. The van der Waals surface area contributed by atoms with Gasteiger partial charge in [0.15, 0.2) is 0 Å². The molecule has 112 valence electrons. The summed E-state index contributed by atoms with van der Waals surface area (Å²) >= 11 is 0. The van der Waals surface area contributed by atoms with Gasteiger partial charge in [0.1, 0.15) is 11.6 Å². The van der Waals surface area contributed by atoms with E-state index in [2.05, 4.69) is 28.2 Å². The van der Waals surface area contributed by atoms with Crippen molar-refractivity contribution in [1.29, 1.82) is 0 Å². The van der Waals surface area contributed by atoms with Crippen molar-refractivity contribution >= 4 is 16.6 Å². The number of rotatable bonds is 4. The molecule has 1 aliphatic rings. The van der Waals surface area contributed by atoms with Crippen LogP contribution in [0.3, 0.4) is 0 Å². The zero-order chi connectivity index (χ0) is 14.9. The molecular weight excluding hydrogens is 262 g/mol. The van der Waals surface area contributed by atoms with E-state index < -0.39 is 0 Å². The van der Waals surface area contributed by atoms with Crippen LogP contribution in [0.1, 0.15) is 13.3 Å². The van der Waals surface area contributed by atoms with Crippen LogP contribution in [0.25, 0.3) is 10.8 Å². The third-order valence-electron chi connectivity index (χ3n) is 4.43. The summed E-state index contributed by atoms with van der Waals surface area (Å²) < 4.78 is 5.47. The van der Waals surface area contributed by atoms with E-state index in [1.807, 2.05) is 31.4 Å². The van der Waals surface area contributed by atoms with Crippen molar-refractivity contribution in [3.63, 3.8) is 0 Å². The van der Waals surface area contributed by atoms with Gasteiger partial charge >= 0.3 is 0 Å². The minimum Gasteiger partial charge on any atom is -0.496 e. The quantitative estimate of drug-likeness (QED) is 0.937. The number of anilines is 1. The second-order valence-electron chi connectivity index (χ2n) is 6.20. The van der Waals surface area contributed by atoms with Crippen molar-refractivity contribution in [3.05, 3.63) is 30.5 Å². The molecule has 0 saturated carbocycles. The number of aromatic nitrogens is 1. The van der Waals surface area contributed by atoms with Gasteiger partial charge in [0, 0.05) is 36.6 Å². The predicted octanol–water partition coefficient (Wildman–Crippen LogP) is 2.68. The second kappa shape index (κ2) is 5.53. The SMILES string of the molecule is CNCC1(C)CCN(c2nccc3c(OC)cccc23)C1. The first-order valence-electron chi connectivity index (χ1n) is 7.48. The van der Waals surface area contributed by atoms with E-state index in [0.717, 1.165) is 36.6 Å². The Morgan fingerprint density at radius 3 is 2.95 bits per heavy atom. The molecule has 1 aromatic carbocycles. The van der Waals surface area contributed by atoms with Gasteiger partial charge in [-0.1, -0.05) is 19.1 Å². The summed E-state index contributed by atoms with van der Waals surface area (Å²) in [7, 11) is 3.74. The molecule has 0 aliphatic carbocycles. The first kappa shape index (κ1) is 14.1. The highest BCUT2D eigenvalue weighted by Gasteiger charge is 2.34. The molecule has 0 radical (unpaired) electrons. The smallest absolute Gasteiger partial charge is 0.136 e. The maximum absolute atomic E-state index is 5.47. The molecule has 21 heavy (non-hydrogen) atoms. The van der Waals surface area contributed by atoms with Gasteiger partial charge in [-0.25, -0.2) is 4.98 Å². The largest absolute Gasteiger partial charge is 0.496 e. The Labute approximate surface area is 126 Å². The van der Waals surface area contributed by atoms with Gasteiger partial charge in [-0.2, -0.15) is 0 Å². The normalized spacial score (nSPS) is 22.0. The van der Waals surface area contributed by atoms with E-state index in [0.29, 0.717) is 5.41 Å². The van der Waals surface area contributed by atoms with E-state index in [1.54, 1.807) is 7.11 Å². The summed E-state index contributed by atoms with van der Waals surface area (Å²) in [5.41, 5.74) is 0.317. The highest BCUT2D eigenvalue weighted by molar-refractivity contribution is 5.96. The molecule has 2 aromatic rings. The third kappa shape index (κ3) is 2.56. The number of fused-ring (bicyclic) bond motifs is 1. The fourth-order valence-electron chi connectivity index (χ4n) is 3.37. The van der Waals surface area contributed by atoms with E-state index in [9.17, 15) is 0 Å². The van der Waals surface area contributed by atoms with E-state index >= 15 is 0 Å². The van der Waals surface area contributed by atoms with E-state index in [4.69, 9.17) is 4.74 Å². The van der Waals surface area contributed by atoms with Crippen LogP contribution in [0.2, 0.25) is 0 Å². The summed E-state index contributed by atoms with van der Waals surface area (Å²) in [5.74, 6) is 1.99. The lowest BCUT2D eigenvalue weighted by Gasteiger charge is -2.25. The Morgan fingerprint density at radius 1 is 1.33 bits per heavy atom. The molecule has 1 fully saturated rings. The topological polar surface area (TPSA) is 37.4 Å². The fourth-order valence-corrected chi connectivity index (χ4v) is 3.37. The summed E-state index contributed by atoms with van der Waals surface area (Å²) in [4.78, 5) is 7.04. The summed E-state index contributed by atoms with van der Waals surface area (Å²) in [6, 6.07) is 8.20. The summed E-state index contributed by atoms with van der Waals surface area (Å²) in [5, 5.41) is 5.61. The van der Waals surface area contributed by atoms with Gasteiger partial charge in [0.05, 0.1) is 7.11 Å². The van der Waals surface area contributed by atoms with Crippen LogP contribution in [0.5, 0.6) is 5.75 Å². The van der Waals surface area contributed by atoms with Crippen LogP contribution in [0.4, 0.5) is 5.82 Å². The van der Waals surface area contributed by atoms with Crippen LogP contribution >= 0.6 is 0 Å². The molecule has 1 unspecified atom stereocenters. The van der Waals surface area contributed by atoms with Crippen molar-refractivity contribution in [2.75, 3.05) is 38.7 Å². The van der Waals surface area contributed by atoms with Gasteiger partial charge in [-0.3, -0.25) is 0 Å². The minimum absolute atomic E-state index is 0.317. The molecular formula is C17H23N3O. The molecule has 0 bridgehead atoms. The molecule has 2 heterocycles. The number of benzene rings is 1. The third-order valence-corrected chi connectivity index (χ3v) is 4.43. The zero-order valence-electron chi connectivity index (χ0n) is 13.0. The van der Waals surface area contributed by atoms with Gasteiger partial charge in [-0.05, 0) is 31.0 Å². The standard InChI is InChI=1S/C17H23N3O/c1-17(11-18-2)8-10-20(12-17)16-14-5-4-6-15(21-3)13(14)7-9-19-16/h4-7,9,18H,8,10-12H2,1-3H3. The van der Waals surface area contributed by atoms with Crippen molar-refractivity contribution in [2.24, 2.45) is 5.41 Å². The van der Waals surface area contributed by atoms with Gasteiger partial charge < -0.3 is 15.0 Å². The van der Waals surface area contributed by atoms with Crippen molar-refractivity contribution < 1.29 is 4.74 Å². The molecule has 4 nitrogen and oxygen atoms in total. The first-order chi connectivity index (χ1) is 10.2. The highest BCUT2D eigenvalue weighted by atomic mass is 16.5. The molecule has 0 spiro atoms. The minimum atomic E-state index is 0.317. The predicted molar refractivity (Wildman–Crippen MR) is 87.2 cm³/mol. The molecule has 4 heteroatoms. The maximum Gasteiger partial charge on any atom is 0.136 e. The first-order valence-corrected chi connectivity index (χ1v) is 7.48. The van der Waals surface area contributed by atoms with Crippen LogP contribution in [-0.4, -0.2) is 38.8 Å². The molecule has 1 atom stereocenters. The molecule has 1 N–H and O–H groups in total. The lowest BCUT2D eigenvalue weighted by molar-refractivity contribution is 0.356. The van der Waals surface area contributed by atoms with Crippen molar-refractivity contribution in [1.82, 2.24) is 10.3 Å². The Hall–Kier alpha value is -1.81. The van der Waals surface area contributed by atoms with Crippen LogP contribution in [0.15, 0.2) is 30.5 Å². The highest BCUT2D eigenvalue weighted by Crippen LogP contribution is 2.36. The number of ether oxygens (including phenoxy) is 1. The Bertz CT molecular complexity index is 643. The maximum atomic E-state index is 5.47. The average Bonchev–Trinajstić information content (AvgIpc) is 2.88. The Morgan fingerprint density at radius 2 is 2.19 bits per heavy atom. The lowest BCUT2D eigenvalue weighted by Crippen LogP contribution is -2.33. The number of hydrogen-bond acceptors (Lipinski definition) is 4. The number of hydrogen-bond donors (Lipinski definition) is 1. The van der Waals surface area contributed by atoms with Crippen molar-refractivity contribution in [2.45, 2.75) is 13.3 Å². The van der Waals surface area contributed by atoms with E-state index in [1.165, 1.54) is 11.8 Å². The average molecular weight is 285 g/mol. The van der Waals surface area contributed by atoms with Gasteiger partial charge in [0.2, 0.25) is 0 Å². The van der Waals surface area contributed by atoms with Gasteiger partial charge in [-0.15, -0.1) is 0 Å². The van der Waals surface area contributed by atoms with Crippen LogP contribution < -0.4 is 15.0 Å². The second-order valence-corrected chi connectivity index (χ2v) is 6.20. The molecule has 0 amide bonds. The Balaban J connectivity index is 1.99. The monoisotopic (exact) mass is 285 g/mol. The number of nitrogens with zero attached hydrogens (tertiary/aromatic N) is 2. The van der Waals surface area contributed by atoms with Crippen LogP contribution in [0, 0.1) is 5.41 Å². The molecule has 3 rings (SSSR count). The zero-order valence-corrected chi connectivity index (χ0v) is 13.0. The fraction of sp³-hybridized carbons (Fsp3) is 0.471. The molecule has 1 saturated heterocycles. The Kier molecular flexibility index (Phi) is 3.72. The lowest BCUT2D eigenvalue weighted by atomic mass is 9.90. The van der Waals surface area contributed by atoms with Crippen molar-refractivity contribution in [3.8, 4) is 5.75 Å². The van der Waals surface area contributed by atoms with Gasteiger partial charge in [0.25, 0.3) is 0 Å². The summed E-state index contributed by atoms with van der Waals surface area (Å²) in [6.07, 6.45) is 3.07. The van der Waals surface area contributed by atoms with E-state index in [-0.39, 0.29) is 0 Å². The molecule has 1 aliphatic heterocycles. The summed E-state index contributed by atoms with van der Waals surface area (Å²) in [6.45, 7) is 5.48. The van der Waals surface area contributed by atoms with Crippen LogP contribution in [-0.2, 0) is 0 Å². The number of methoxy groups -OCH3 is 1.